The summed E-state index contributed by atoms with van der Waals surface area (Å²) >= 11 is 0. The van der Waals surface area contributed by atoms with Gasteiger partial charge in [-0.25, -0.2) is 23.7 Å². The second kappa shape index (κ2) is 8.72. The van der Waals surface area contributed by atoms with Gasteiger partial charge in [-0.05, 0) is 31.2 Å². The number of nitrogen functional groups attached to an aromatic ring is 1. The van der Waals surface area contributed by atoms with Crippen LogP contribution >= 0.6 is 0 Å². The first-order chi connectivity index (χ1) is 16.4. The molecule has 172 valence electrons. The van der Waals surface area contributed by atoms with Crippen molar-refractivity contribution < 1.29 is 8.78 Å². The SMILES string of the molecule is C#CCN1CCN(c2c(F)cc(-n3c(C)nc4ccc(-c5ccnc(N)c5)nc43)cc2F)CC1. The number of rotatable bonds is 4. The molecule has 0 saturated carbocycles. The van der Waals surface area contributed by atoms with E-state index in [0.29, 0.717) is 66.9 Å². The Hall–Kier alpha value is -4.03. The predicted molar refractivity (Wildman–Crippen MR) is 129 cm³/mol. The first-order valence-corrected chi connectivity index (χ1v) is 10.9. The molecule has 0 aliphatic carbocycles. The molecule has 1 saturated heterocycles. The van der Waals surface area contributed by atoms with Gasteiger partial charge in [-0.15, -0.1) is 6.42 Å². The van der Waals surface area contributed by atoms with Crippen LogP contribution in [0.15, 0.2) is 42.6 Å². The maximum atomic E-state index is 15.3. The van der Waals surface area contributed by atoms with Crippen molar-refractivity contribution in [2.24, 2.45) is 0 Å². The van der Waals surface area contributed by atoms with Gasteiger partial charge in [-0.1, -0.05) is 5.92 Å². The van der Waals surface area contributed by atoms with Crippen LogP contribution in [0.4, 0.5) is 20.3 Å². The quantitative estimate of drug-likeness (QED) is 0.472. The van der Waals surface area contributed by atoms with Gasteiger partial charge in [0.2, 0.25) is 0 Å². The second-order valence-corrected chi connectivity index (χ2v) is 8.23. The number of halogens is 2. The molecule has 0 bridgehead atoms. The summed E-state index contributed by atoms with van der Waals surface area (Å²) in [5.74, 6) is 2.31. The van der Waals surface area contributed by atoms with Gasteiger partial charge in [-0.2, -0.15) is 0 Å². The number of fused-ring (bicyclic) bond motifs is 1. The van der Waals surface area contributed by atoms with Gasteiger partial charge in [0, 0.05) is 50.1 Å². The molecular weight excluding hydrogens is 436 g/mol. The number of nitrogens with two attached hydrogens (primary N) is 1. The summed E-state index contributed by atoms with van der Waals surface area (Å²) in [6, 6.07) is 9.85. The highest BCUT2D eigenvalue weighted by atomic mass is 19.1. The Balaban J connectivity index is 1.53. The lowest BCUT2D eigenvalue weighted by atomic mass is 10.1. The third kappa shape index (κ3) is 3.93. The van der Waals surface area contributed by atoms with E-state index in [1.165, 1.54) is 12.1 Å². The van der Waals surface area contributed by atoms with Crippen molar-refractivity contribution in [3.8, 4) is 29.3 Å². The Kier molecular flexibility index (Phi) is 5.59. The van der Waals surface area contributed by atoms with E-state index in [1.807, 2.05) is 12.1 Å². The highest BCUT2D eigenvalue weighted by Gasteiger charge is 2.24. The molecule has 0 amide bonds. The van der Waals surface area contributed by atoms with E-state index in [4.69, 9.17) is 17.1 Å². The molecule has 1 aliphatic rings. The van der Waals surface area contributed by atoms with Crippen LogP contribution in [-0.2, 0) is 0 Å². The average Bonchev–Trinajstić information content (AvgIpc) is 3.14. The molecule has 5 rings (SSSR count). The van der Waals surface area contributed by atoms with Crippen molar-refractivity contribution in [2.45, 2.75) is 6.92 Å². The van der Waals surface area contributed by atoms with Crippen LogP contribution in [-0.4, -0.2) is 57.1 Å². The van der Waals surface area contributed by atoms with Crippen LogP contribution in [0.2, 0.25) is 0 Å². The van der Waals surface area contributed by atoms with Gasteiger partial charge in [0.25, 0.3) is 0 Å². The fourth-order valence-corrected chi connectivity index (χ4v) is 4.39. The molecule has 2 N–H and O–H groups in total. The number of piperazine rings is 1. The molecule has 0 unspecified atom stereocenters. The van der Waals surface area contributed by atoms with Gasteiger partial charge in [-0.3, -0.25) is 9.47 Å². The Morgan fingerprint density at radius 1 is 1.03 bits per heavy atom. The molecule has 0 spiro atoms. The maximum absolute atomic E-state index is 15.3. The number of imidazole rings is 1. The first-order valence-electron chi connectivity index (χ1n) is 10.9. The smallest absolute Gasteiger partial charge is 0.165 e. The molecule has 4 heterocycles. The number of pyridine rings is 2. The monoisotopic (exact) mass is 459 g/mol. The highest BCUT2D eigenvalue weighted by Crippen LogP contribution is 2.30. The van der Waals surface area contributed by atoms with Crippen molar-refractivity contribution in [2.75, 3.05) is 43.4 Å². The number of benzene rings is 1. The highest BCUT2D eigenvalue weighted by molar-refractivity contribution is 5.78. The fourth-order valence-electron chi connectivity index (χ4n) is 4.39. The van der Waals surface area contributed by atoms with Crippen molar-refractivity contribution in [1.29, 1.82) is 0 Å². The predicted octanol–water partition coefficient (Wildman–Crippen LogP) is 3.41. The Labute approximate surface area is 195 Å². The van der Waals surface area contributed by atoms with Crippen molar-refractivity contribution in [1.82, 2.24) is 24.4 Å². The van der Waals surface area contributed by atoms with Gasteiger partial charge >= 0.3 is 0 Å². The molecule has 4 aromatic rings. The maximum Gasteiger partial charge on any atom is 0.165 e. The molecule has 9 heteroatoms. The number of hydrogen-bond acceptors (Lipinski definition) is 6. The average molecular weight is 460 g/mol. The normalized spacial score (nSPS) is 14.5. The van der Waals surface area contributed by atoms with E-state index in [2.05, 4.69) is 20.8 Å². The van der Waals surface area contributed by atoms with E-state index in [-0.39, 0.29) is 5.69 Å². The molecule has 1 fully saturated rings. The number of hydrogen-bond donors (Lipinski definition) is 1. The fraction of sp³-hybridized carbons (Fsp3) is 0.240. The van der Waals surface area contributed by atoms with Gasteiger partial charge in [0.1, 0.15) is 22.8 Å². The van der Waals surface area contributed by atoms with E-state index in [0.717, 1.165) is 5.56 Å². The first kappa shape index (κ1) is 21.8. The molecule has 34 heavy (non-hydrogen) atoms. The Morgan fingerprint density at radius 2 is 1.76 bits per heavy atom. The van der Waals surface area contributed by atoms with E-state index in [1.54, 1.807) is 34.7 Å². The molecule has 1 aromatic carbocycles. The lowest BCUT2D eigenvalue weighted by Gasteiger charge is -2.35. The summed E-state index contributed by atoms with van der Waals surface area (Å²) in [6.07, 6.45) is 6.98. The Bertz CT molecular complexity index is 1390. The lowest BCUT2D eigenvalue weighted by Crippen LogP contribution is -2.47. The summed E-state index contributed by atoms with van der Waals surface area (Å²) in [4.78, 5) is 17.1. The van der Waals surface area contributed by atoms with Crippen molar-refractivity contribution in [3.63, 3.8) is 0 Å². The number of nitrogens with zero attached hydrogens (tertiary/aromatic N) is 6. The van der Waals surface area contributed by atoms with Gasteiger partial charge < -0.3 is 10.6 Å². The zero-order chi connectivity index (χ0) is 23.8. The third-order valence-electron chi connectivity index (χ3n) is 6.01. The molecule has 3 aromatic heterocycles. The van der Waals surface area contributed by atoms with Crippen molar-refractivity contribution >= 4 is 22.7 Å². The summed E-state index contributed by atoms with van der Waals surface area (Å²) in [6.45, 7) is 4.63. The van der Waals surface area contributed by atoms with Crippen LogP contribution in [0.1, 0.15) is 5.82 Å². The summed E-state index contributed by atoms with van der Waals surface area (Å²) in [5.41, 5.74) is 8.68. The van der Waals surface area contributed by atoms with Crippen LogP contribution in [0.25, 0.3) is 28.1 Å². The number of anilines is 2. The van der Waals surface area contributed by atoms with E-state index < -0.39 is 11.6 Å². The topological polar surface area (TPSA) is 76.1 Å². The summed E-state index contributed by atoms with van der Waals surface area (Å²) in [5, 5.41) is 0. The minimum absolute atomic E-state index is 0.0212. The minimum Gasteiger partial charge on any atom is -0.384 e. The zero-order valence-corrected chi connectivity index (χ0v) is 18.7. The van der Waals surface area contributed by atoms with Crippen LogP contribution in [0.3, 0.4) is 0 Å². The van der Waals surface area contributed by atoms with Crippen molar-refractivity contribution in [3.05, 3.63) is 60.1 Å². The molecule has 0 atom stereocenters. The number of terminal acetylenes is 1. The second-order valence-electron chi connectivity index (χ2n) is 8.23. The Morgan fingerprint density at radius 3 is 2.44 bits per heavy atom. The van der Waals surface area contributed by atoms with Crippen LogP contribution in [0.5, 0.6) is 0 Å². The molecule has 1 aliphatic heterocycles. The molecular formula is C25H23F2N7. The molecule has 7 nitrogen and oxygen atoms in total. The van der Waals surface area contributed by atoms with Gasteiger partial charge in [0.05, 0.1) is 17.9 Å². The largest absolute Gasteiger partial charge is 0.384 e. The third-order valence-corrected chi connectivity index (χ3v) is 6.01. The van der Waals surface area contributed by atoms with Crippen LogP contribution < -0.4 is 10.6 Å². The number of aromatic nitrogens is 4. The summed E-state index contributed by atoms with van der Waals surface area (Å²) < 4.78 is 32.2. The zero-order valence-electron chi connectivity index (χ0n) is 18.7. The molecule has 0 radical (unpaired) electrons. The van der Waals surface area contributed by atoms with E-state index in [9.17, 15) is 0 Å². The lowest BCUT2D eigenvalue weighted by molar-refractivity contribution is 0.286. The summed E-state index contributed by atoms with van der Waals surface area (Å²) in [7, 11) is 0. The number of aryl methyl sites for hydroxylation is 1. The minimum atomic E-state index is -0.625. The van der Waals surface area contributed by atoms with E-state index >= 15 is 8.78 Å². The van der Waals surface area contributed by atoms with Gasteiger partial charge in [0.15, 0.2) is 17.3 Å². The standard InChI is InChI=1S/C25H23F2N7/c1-3-8-32-9-11-33(12-10-32)24-19(26)14-18(15-20(24)27)34-16(2)30-22-5-4-21(31-25(22)34)17-6-7-29-23(28)13-17/h1,4-7,13-15H,8-12H2,2H3,(H2,28,29). The van der Waals surface area contributed by atoms with Crippen LogP contribution in [0, 0.1) is 30.9 Å².